The lowest BCUT2D eigenvalue weighted by atomic mass is 10.0. The Morgan fingerprint density at radius 1 is 0.975 bits per heavy atom. The molecule has 3 aromatic rings. The number of carbonyl (C=O) groups excluding carboxylic acids is 3. The van der Waals surface area contributed by atoms with Gasteiger partial charge >= 0.3 is 6.09 Å². The number of ether oxygens (including phenoxy) is 1. The minimum Gasteiger partial charge on any atom is -0.453 e. The summed E-state index contributed by atoms with van der Waals surface area (Å²) >= 11 is 1.20. The van der Waals surface area contributed by atoms with Crippen LogP contribution in [0.3, 0.4) is 0 Å². The SMILES string of the molecule is COC(=O)N[C@@H](Cc1ccccc1)C(=O)N[C@@H](Cc1ccc(C(N)=O)cc1)c1csc(CS(=O)(=O)C(C)(C)C)n1. The Morgan fingerprint density at radius 2 is 1.60 bits per heavy atom. The highest BCUT2D eigenvalue weighted by atomic mass is 32.2. The number of primary amides is 1. The number of hydrogen-bond donors (Lipinski definition) is 3. The van der Waals surface area contributed by atoms with Crippen molar-refractivity contribution >= 4 is 39.1 Å². The Bertz CT molecular complexity index is 1430. The Kier molecular flexibility index (Phi) is 10.0. The molecule has 3 rings (SSSR count). The van der Waals surface area contributed by atoms with E-state index in [1.807, 2.05) is 30.3 Å². The molecule has 1 aromatic heterocycles. The van der Waals surface area contributed by atoms with Gasteiger partial charge in [0.25, 0.3) is 0 Å². The molecule has 0 unspecified atom stereocenters. The van der Waals surface area contributed by atoms with Crippen LogP contribution in [0.1, 0.15) is 59.0 Å². The van der Waals surface area contributed by atoms with Gasteiger partial charge in [-0.1, -0.05) is 42.5 Å². The van der Waals surface area contributed by atoms with Gasteiger partial charge in [0.15, 0.2) is 9.84 Å². The number of rotatable bonds is 11. The molecule has 214 valence electrons. The standard InChI is InChI=1S/C28H34N4O6S2/c1-28(2,3)40(36,37)17-24-30-23(16-39-24)21(14-19-10-12-20(13-11-19)25(29)33)31-26(34)22(32-27(35)38-4)15-18-8-6-5-7-9-18/h5-13,16,21-22H,14-15,17H2,1-4H3,(H2,29,33)(H,31,34)(H,32,35)/t21-,22-/m0/s1. The highest BCUT2D eigenvalue weighted by Crippen LogP contribution is 2.26. The largest absolute Gasteiger partial charge is 0.453 e. The van der Waals surface area contributed by atoms with Crippen LogP contribution in [0.2, 0.25) is 0 Å². The van der Waals surface area contributed by atoms with E-state index in [-0.39, 0.29) is 18.6 Å². The molecular weight excluding hydrogens is 552 g/mol. The molecule has 0 saturated heterocycles. The van der Waals surface area contributed by atoms with E-state index in [0.29, 0.717) is 16.3 Å². The predicted molar refractivity (Wildman–Crippen MR) is 154 cm³/mol. The van der Waals surface area contributed by atoms with Crippen molar-refractivity contribution in [1.29, 1.82) is 0 Å². The number of nitrogens with zero attached hydrogens (tertiary/aromatic N) is 1. The molecule has 10 nitrogen and oxygen atoms in total. The monoisotopic (exact) mass is 586 g/mol. The zero-order valence-corrected chi connectivity index (χ0v) is 24.5. The first kappa shape index (κ1) is 30.8. The van der Waals surface area contributed by atoms with E-state index >= 15 is 0 Å². The summed E-state index contributed by atoms with van der Waals surface area (Å²) in [5.41, 5.74) is 7.80. The second-order valence-electron chi connectivity index (χ2n) is 10.2. The Labute approximate surface area is 238 Å². The molecule has 0 saturated carbocycles. The first-order chi connectivity index (χ1) is 18.8. The van der Waals surface area contributed by atoms with Gasteiger partial charge in [-0.3, -0.25) is 9.59 Å². The van der Waals surface area contributed by atoms with Gasteiger partial charge in [0, 0.05) is 17.4 Å². The fraction of sp³-hybridized carbons (Fsp3) is 0.357. The van der Waals surface area contributed by atoms with Crippen LogP contribution >= 0.6 is 11.3 Å². The third-order valence-electron chi connectivity index (χ3n) is 6.24. The summed E-state index contributed by atoms with van der Waals surface area (Å²) in [5, 5.41) is 7.68. The van der Waals surface area contributed by atoms with Crippen LogP contribution in [0.4, 0.5) is 4.79 Å². The van der Waals surface area contributed by atoms with Crippen LogP contribution in [0.5, 0.6) is 0 Å². The summed E-state index contributed by atoms with van der Waals surface area (Å²) in [6.07, 6.45) is -0.248. The molecule has 0 radical (unpaired) electrons. The van der Waals surface area contributed by atoms with Crippen molar-refractivity contribution in [2.24, 2.45) is 5.73 Å². The molecule has 2 atom stereocenters. The maximum absolute atomic E-state index is 13.5. The van der Waals surface area contributed by atoms with Gasteiger partial charge in [-0.25, -0.2) is 18.2 Å². The summed E-state index contributed by atoms with van der Waals surface area (Å²) in [4.78, 5) is 41.6. The molecule has 40 heavy (non-hydrogen) atoms. The molecular formula is C28H34N4O6S2. The van der Waals surface area contributed by atoms with Crippen molar-refractivity contribution in [2.75, 3.05) is 7.11 Å². The second kappa shape index (κ2) is 13.1. The van der Waals surface area contributed by atoms with E-state index in [2.05, 4.69) is 15.6 Å². The Hall–Kier alpha value is -3.77. The quantitative estimate of drug-likeness (QED) is 0.311. The lowest BCUT2D eigenvalue weighted by Crippen LogP contribution is -2.49. The number of hydrogen-bond acceptors (Lipinski definition) is 8. The van der Waals surface area contributed by atoms with Crippen molar-refractivity contribution in [3.05, 3.63) is 87.4 Å². The third kappa shape index (κ3) is 8.36. The normalized spacial score (nSPS) is 13.2. The number of carbonyl (C=O) groups is 3. The molecule has 0 aliphatic heterocycles. The van der Waals surface area contributed by atoms with Crippen molar-refractivity contribution < 1.29 is 27.5 Å². The molecule has 12 heteroatoms. The number of amides is 3. The molecule has 0 spiro atoms. The lowest BCUT2D eigenvalue weighted by molar-refractivity contribution is -0.123. The molecule has 2 aromatic carbocycles. The van der Waals surface area contributed by atoms with E-state index in [1.165, 1.54) is 18.4 Å². The summed E-state index contributed by atoms with van der Waals surface area (Å²) in [7, 11) is -2.25. The fourth-order valence-corrected chi connectivity index (χ4v) is 5.93. The third-order valence-corrected chi connectivity index (χ3v) is 9.81. The van der Waals surface area contributed by atoms with E-state index in [0.717, 1.165) is 11.1 Å². The minimum atomic E-state index is -3.47. The van der Waals surface area contributed by atoms with Gasteiger partial charge in [0.2, 0.25) is 11.8 Å². The second-order valence-corrected chi connectivity index (χ2v) is 13.9. The zero-order chi connectivity index (χ0) is 29.5. The number of nitrogens with one attached hydrogen (secondary N) is 2. The van der Waals surface area contributed by atoms with Crippen LogP contribution in [0.25, 0.3) is 0 Å². The van der Waals surface area contributed by atoms with Crippen LogP contribution in [-0.2, 0) is 38.0 Å². The summed E-state index contributed by atoms with van der Waals surface area (Å²) in [6, 6.07) is 14.2. The van der Waals surface area contributed by atoms with Crippen LogP contribution in [0, 0.1) is 0 Å². The predicted octanol–water partition coefficient (Wildman–Crippen LogP) is 3.32. The number of alkyl carbamates (subject to hydrolysis) is 1. The van der Waals surface area contributed by atoms with E-state index < -0.39 is 44.6 Å². The smallest absolute Gasteiger partial charge is 0.407 e. The number of methoxy groups -OCH3 is 1. The molecule has 0 aliphatic rings. The van der Waals surface area contributed by atoms with Gasteiger partial charge in [0.1, 0.15) is 16.8 Å². The highest BCUT2D eigenvalue weighted by molar-refractivity contribution is 7.92. The molecule has 0 aliphatic carbocycles. The Balaban J connectivity index is 1.91. The summed E-state index contributed by atoms with van der Waals surface area (Å²) in [5.74, 6) is -1.25. The molecule has 0 bridgehead atoms. The highest BCUT2D eigenvalue weighted by Gasteiger charge is 2.31. The number of sulfone groups is 1. The maximum Gasteiger partial charge on any atom is 0.407 e. The first-order valence-corrected chi connectivity index (χ1v) is 15.1. The van der Waals surface area contributed by atoms with Crippen molar-refractivity contribution in [3.8, 4) is 0 Å². The van der Waals surface area contributed by atoms with Gasteiger partial charge < -0.3 is 21.1 Å². The van der Waals surface area contributed by atoms with E-state index in [1.54, 1.807) is 50.4 Å². The fourth-order valence-electron chi connectivity index (χ4n) is 3.73. The van der Waals surface area contributed by atoms with Crippen LogP contribution in [0.15, 0.2) is 60.0 Å². The summed E-state index contributed by atoms with van der Waals surface area (Å²) < 4.78 is 29.3. The number of benzene rings is 2. The molecule has 1 heterocycles. The average molecular weight is 587 g/mol. The van der Waals surface area contributed by atoms with Gasteiger partial charge in [-0.2, -0.15) is 0 Å². The van der Waals surface area contributed by atoms with Crippen molar-refractivity contribution in [1.82, 2.24) is 15.6 Å². The van der Waals surface area contributed by atoms with Crippen molar-refractivity contribution in [2.45, 2.75) is 56.2 Å². The van der Waals surface area contributed by atoms with Gasteiger partial charge in [-0.15, -0.1) is 11.3 Å². The molecule has 0 fully saturated rings. The minimum absolute atomic E-state index is 0.216. The number of thiazole rings is 1. The number of nitrogens with two attached hydrogens (primary N) is 1. The maximum atomic E-state index is 13.5. The van der Waals surface area contributed by atoms with Crippen LogP contribution < -0.4 is 16.4 Å². The van der Waals surface area contributed by atoms with E-state index in [4.69, 9.17) is 10.5 Å². The first-order valence-electron chi connectivity index (χ1n) is 12.5. The number of aromatic nitrogens is 1. The Morgan fingerprint density at radius 3 is 2.17 bits per heavy atom. The van der Waals surface area contributed by atoms with E-state index in [9.17, 15) is 22.8 Å². The van der Waals surface area contributed by atoms with Crippen molar-refractivity contribution in [3.63, 3.8) is 0 Å². The molecule has 4 N–H and O–H groups in total. The molecule has 3 amide bonds. The summed E-state index contributed by atoms with van der Waals surface area (Å²) in [6.45, 7) is 4.91. The van der Waals surface area contributed by atoms with Crippen LogP contribution in [-0.4, -0.2) is 49.2 Å². The van der Waals surface area contributed by atoms with Gasteiger partial charge in [-0.05, 0) is 50.5 Å². The topological polar surface area (TPSA) is 158 Å². The zero-order valence-electron chi connectivity index (χ0n) is 22.8. The lowest BCUT2D eigenvalue weighted by Gasteiger charge is -2.23. The van der Waals surface area contributed by atoms with Gasteiger partial charge in [0.05, 0.1) is 23.6 Å². The average Bonchev–Trinajstić information content (AvgIpc) is 3.35.